The third-order valence-corrected chi connectivity index (χ3v) is 1.88. The minimum atomic E-state index is 1.10. The van der Waals surface area contributed by atoms with Gasteiger partial charge in [0.1, 0.15) is 0 Å². The van der Waals surface area contributed by atoms with Crippen LogP contribution >= 0.6 is 15.9 Å². The molecule has 58 valence electrons. The lowest BCUT2D eigenvalue weighted by Gasteiger charge is -1.96. The fourth-order valence-corrected chi connectivity index (χ4v) is 1.29. The zero-order chi connectivity index (χ0) is 8.10. The van der Waals surface area contributed by atoms with E-state index < -0.39 is 0 Å². The van der Waals surface area contributed by atoms with E-state index in [0.717, 1.165) is 6.42 Å². The Kier molecular flexibility index (Phi) is 3.37. The Hall–Kier alpha value is -0.560. The number of hydrogen-bond acceptors (Lipinski definition) is 0. The van der Waals surface area contributed by atoms with Crippen LogP contribution in [-0.2, 0) is 6.42 Å². The monoisotopic (exact) mass is 210 g/mol. The van der Waals surface area contributed by atoms with Gasteiger partial charge in [-0.3, -0.25) is 0 Å². The molecule has 0 bridgehead atoms. The quantitative estimate of drug-likeness (QED) is 0.700. The summed E-state index contributed by atoms with van der Waals surface area (Å²) in [5, 5.41) is 0. The summed E-state index contributed by atoms with van der Waals surface area (Å²) in [6, 6.07) is 8.52. The van der Waals surface area contributed by atoms with Crippen molar-refractivity contribution in [3.05, 3.63) is 40.4 Å². The number of rotatable bonds is 2. The first-order valence-corrected chi connectivity index (χ1v) is 4.64. The summed E-state index contributed by atoms with van der Waals surface area (Å²) in [4.78, 5) is 1.88. The maximum atomic E-state index is 3.25. The van der Waals surface area contributed by atoms with E-state index in [1.54, 1.807) is 0 Å². The molecule has 0 nitrogen and oxygen atoms in total. The maximum Gasteiger partial charge on any atom is -0.0183 e. The second-order valence-corrected chi connectivity index (χ2v) is 2.92. The van der Waals surface area contributed by atoms with Crippen molar-refractivity contribution in [3.8, 4) is 0 Å². The number of benzene rings is 1. The molecule has 0 radical (unpaired) electrons. The van der Waals surface area contributed by atoms with Crippen LogP contribution in [0.15, 0.2) is 29.3 Å². The Balaban J connectivity index is 2.91. The van der Waals surface area contributed by atoms with Crippen molar-refractivity contribution in [2.75, 3.05) is 0 Å². The predicted octanol–water partition coefficient (Wildman–Crippen LogP) is 3.61. The molecule has 1 rings (SSSR count). The summed E-state index contributed by atoms with van der Waals surface area (Å²) in [6.07, 6.45) is 3.14. The lowest BCUT2D eigenvalue weighted by molar-refractivity contribution is 1.14. The predicted molar refractivity (Wildman–Crippen MR) is 53.8 cm³/mol. The Morgan fingerprint density at radius 2 is 2.27 bits per heavy atom. The van der Waals surface area contributed by atoms with Gasteiger partial charge in [-0.25, -0.2) is 0 Å². The standard InChI is InChI=1S/C10H11Br/c1-2-9-4-3-5-10(8-9)6-7-11/h3-8H,2H2,1H3/b7-6+. The maximum absolute atomic E-state index is 3.25. The molecule has 0 spiro atoms. The minimum Gasteiger partial charge on any atom is -0.0614 e. The molecule has 0 aliphatic rings. The average molecular weight is 211 g/mol. The molecule has 0 N–H and O–H groups in total. The van der Waals surface area contributed by atoms with Crippen molar-refractivity contribution in [2.24, 2.45) is 0 Å². The number of hydrogen-bond donors (Lipinski definition) is 0. The Labute approximate surface area is 76.1 Å². The van der Waals surface area contributed by atoms with Crippen LogP contribution in [0.2, 0.25) is 0 Å². The highest BCUT2D eigenvalue weighted by atomic mass is 79.9. The average Bonchev–Trinajstić information content (AvgIpc) is 2.06. The molecule has 0 saturated heterocycles. The summed E-state index contributed by atoms with van der Waals surface area (Å²) in [6.45, 7) is 2.16. The SMILES string of the molecule is CCc1cccc(/C=C/Br)c1. The largest absolute Gasteiger partial charge is 0.0614 e. The van der Waals surface area contributed by atoms with Crippen molar-refractivity contribution >= 4 is 22.0 Å². The van der Waals surface area contributed by atoms with Crippen LogP contribution in [0.3, 0.4) is 0 Å². The van der Waals surface area contributed by atoms with Crippen LogP contribution in [0.4, 0.5) is 0 Å². The van der Waals surface area contributed by atoms with Crippen molar-refractivity contribution in [3.63, 3.8) is 0 Å². The molecular weight excluding hydrogens is 200 g/mol. The molecule has 0 aliphatic carbocycles. The van der Waals surface area contributed by atoms with Crippen LogP contribution < -0.4 is 0 Å². The Bertz CT molecular complexity index is 251. The highest BCUT2D eigenvalue weighted by Gasteiger charge is 1.88. The van der Waals surface area contributed by atoms with Gasteiger partial charge in [-0.15, -0.1) is 0 Å². The van der Waals surface area contributed by atoms with E-state index in [2.05, 4.69) is 47.1 Å². The van der Waals surface area contributed by atoms with Crippen LogP contribution in [0, 0.1) is 0 Å². The van der Waals surface area contributed by atoms with Gasteiger partial charge in [-0.05, 0) is 28.6 Å². The molecule has 11 heavy (non-hydrogen) atoms. The molecule has 1 heteroatoms. The van der Waals surface area contributed by atoms with Gasteiger partial charge in [-0.1, -0.05) is 47.1 Å². The number of halogens is 1. The molecule has 0 unspecified atom stereocenters. The normalized spacial score (nSPS) is 10.7. The highest BCUT2D eigenvalue weighted by Crippen LogP contribution is 2.08. The molecule has 0 amide bonds. The lowest BCUT2D eigenvalue weighted by Crippen LogP contribution is -1.79. The molecule has 0 aromatic heterocycles. The molecule has 0 heterocycles. The second kappa shape index (κ2) is 4.35. The van der Waals surface area contributed by atoms with Gasteiger partial charge in [0.05, 0.1) is 0 Å². The van der Waals surface area contributed by atoms with Crippen molar-refractivity contribution in [2.45, 2.75) is 13.3 Å². The van der Waals surface area contributed by atoms with Crippen LogP contribution in [0.1, 0.15) is 18.1 Å². The first-order chi connectivity index (χ1) is 5.36. The third-order valence-electron chi connectivity index (χ3n) is 1.61. The topological polar surface area (TPSA) is 0 Å². The summed E-state index contributed by atoms with van der Waals surface area (Å²) < 4.78 is 0. The van der Waals surface area contributed by atoms with Crippen LogP contribution in [0.5, 0.6) is 0 Å². The summed E-state index contributed by atoms with van der Waals surface area (Å²) in [5.74, 6) is 0. The van der Waals surface area contributed by atoms with E-state index in [1.165, 1.54) is 11.1 Å². The van der Waals surface area contributed by atoms with E-state index in [1.807, 2.05) is 11.1 Å². The molecular formula is C10H11Br. The number of aryl methyl sites for hydroxylation is 1. The zero-order valence-electron chi connectivity index (χ0n) is 6.55. The zero-order valence-corrected chi connectivity index (χ0v) is 8.14. The van der Waals surface area contributed by atoms with Gasteiger partial charge in [0.25, 0.3) is 0 Å². The highest BCUT2D eigenvalue weighted by molar-refractivity contribution is 9.11. The molecule has 0 saturated carbocycles. The summed E-state index contributed by atoms with van der Waals surface area (Å²) in [5.41, 5.74) is 2.63. The van der Waals surface area contributed by atoms with Crippen molar-refractivity contribution in [1.82, 2.24) is 0 Å². The van der Waals surface area contributed by atoms with Gasteiger partial charge in [0.2, 0.25) is 0 Å². The van der Waals surface area contributed by atoms with Gasteiger partial charge in [0.15, 0.2) is 0 Å². The van der Waals surface area contributed by atoms with Gasteiger partial charge < -0.3 is 0 Å². The molecule has 0 atom stereocenters. The summed E-state index contributed by atoms with van der Waals surface area (Å²) in [7, 11) is 0. The fourth-order valence-electron chi connectivity index (χ4n) is 0.989. The molecule has 0 aliphatic heterocycles. The van der Waals surface area contributed by atoms with Crippen molar-refractivity contribution < 1.29 is 0 Å². The minimum absolute atomic E-state index is 1.10. The second-order valence-electron chi connectivity index (χ2n) is 2.39. The van der Waals surface area contributed by atoms with E-state index in [0.29, 0.717) is 0 Å². The van der Waals surface area contributed by atoms with Gasteiger partial charge >= 0.3 is 0 Å². The first-order valence-electron chi connectivity index (χ1n) is 3.72. The molecule has 1 aromatic carbocycles. The van der Waals surface area contributed by atoms with Gasteiger partial charge in [-0.2, -0.15) is 0 Å². The third kappa shape index (κ3) is 2.51. The first kappa shape index (κ1) is 8.54. The molecule has 0 fully saturated rings. The van der Waals surface area contributed by atoms with E-state index >= 15 is 0 Å². The summed E-state index contributed by atoms with van der Waals surface area (Å²) >= 11 is 3.25. The lowest BCUT2D eigenvalue weighted by atomic mass is 10.1. The Morgan fingerprint density at radius 3 is 2.91 bits per heavy atom. The van der Waals surface area contributed by atoms with Gasteiger partial charge in [0, 0.05) is 0 Å². The molecule has 1 aromatic rings. The van der Waals surface area contributed by atoms with Crippen LogP contribution in [-0.4, -0.2) is 0 Å². The fraction of sp³-hybridized carbons (Fsp3) is 0.200. The van der Waals surface area contributed by atoms with Crippen LogP contribution in [0.25, 0.3) is 6.08 Å². The Morgan fingerprint density at radius 1 is 1.45 bits per heavy atom. The van der Waals surface area contributed by atoms with E-state index in [9.17, 15) is 0 Å². The van der Waals surface area contributed by atoms with E-state index in [4.69, 9.17) is 0 Å². The van der Waals surface area contributed by atoms with E-state index in [-0.39, 0.29) is 0 Å². The smallest absolute Gasteiger partial charge is 0.0183 e. The van der Waals surface area contributed by atoms with Crippen molar-refractivity contribution in [1.29, 1.82) is 0 Å².